The summed E-state index contributed by atoms with van der Waals surface area (Å²) in [5.41, 5.74) is 1.79. The highest BCUT2D eigenvalue weighted by molar-refractivity contribution is 6.35. The summed E-state index contributed by atoms with van der Waals surface area (Å²) in [6.45, 7) is 2.03. The summed E-state index contributed by atoms with van der Waals surface area (Å²) < 4.78 is 5.32. The van der Waals surface area contributed by atoms with Crippen LogP contribution in [-0.2, 0) is 9.59 Å². The number of nitrogens with one attached hydrogen (secondary N) is 2. The summed E-state index contributed by atoms with van der Waals surface area (Å²) in [6.07, 6.45) is 5.21. The number of benzene rings is 2. The number of unbranched alkanes of at least 4 members (excludes halogenated alkanes) is 1. The molecule has 0 bridgehead atoms. The van der Waals surface area contributed by atoms with Gasteiger partial charge < -0.3 is 15.4 Å². The SMILES string of the molecule is CCCCC(=O)Nc1ccc(NC(=O)/C=C/c2ccc(Cl)cc2Cl)cc1OC. The highest BCUT2D eigenvalue weighted by Crippen LogP contribution is 2.28. The lowest BCUT2D eigenvalue weighted by molar-refractivity contribution is -0.116. The molecule has 0 saturated heterocycles. The molecule has 0 aliphatic rings. The molecule has 0 saturated carbocycles. The summed E-state index contributed by atoms with van der Waals surface area (Å²) in [5, 5.41) is 6.55. The number of hydrogen-bond donors (Lipinski definition) is 2. The van der Waals surface area contributed by atoms with Gasteiger partial charge in [0.25, 0.3) is 0 Å². The van der Waals surface area contributed by atoms with E-state index in [0.29, 0.717) is 39.2 Å². The van der Waals surface area contributed by atoms with Crippen molar-refractivity contribution in [2.24, 2.45) is 0 Å². The Kier molecular flexibility index (Phi) is 8.36. The molecule has 0 heterocycles. The van der Waals surface area contributed by atoms with Gasteiger partial charge in [0.15, 0.2) is 0 Å². The highest BCUT2D eigenvalue weighted by Gasteiger charge is 2.09. The molecule has 0 unspecified atom stereocenters. The topological polar surface area (TPSA) is 67.4 Å². The van der Waals surface area contributed by atoms with Gasteiger partial charge in [-0.05, 0) is 42.3 Å². The third-order valence-corrected chi connectivity index (χ3v) is 4.44. The standard InChI is InChI=1S/C21H22Cl2N2O3/c1-3-4-5-20(26)25-18-10-9-16(13-19(18)28-2)24-21(27)11-7-14-6-8-15(22)12-17(14)23/h6-13H,3-5H2,1-2H3,(H,24,27)(H,25,26)/b11-7+. The van der Waals surface area contributed by atoms with Crippen LogP contribution in [0.5, 0.6) is 5.75 Å². The second kappa shape index (κ2) is 10.7. The Hall–Kier alpha value is -2.50. The first-order chi connectivity index (χ1) is 13.4. The first-order valence-corrected chi connectivity index (χ1v) is 9.60. The lowest BCUT2D eigenvalue weighted by Crippen LogP contribution is -2.12. The molecule has 28 heavy (non-hydrogen) atoms. The average molecular weight is 421 g/mol. The highest BCUT2D eigenvalue weighted by atomic mass is 35.5. The zero-order valence-electron chi connectivity index (χ0n) is 15.7. The fourth-order valence-electron chi connectivity index (χ4n) is 2.41. The van der Waals surface area contributed by atoms with Crippen molar-refractivity contribution in [2.45, 2.75) is 26.2 Å². The minimum atomic E-state index is -0.326. The molecule has 0 spiro atoms. The van der Waals surface area contributed by atoms with Crippen molar-refractivity contribution >= 4 is 52.5 Å². The van der Waals surface area contributed by atoms with Crippen molar-refractivity contribution < 1.29 is 14.3 Å². The minimum Gasteiger partial charge on any atom is -0.494 e. The Bertz CT molecular complexity index is 882. The van der Waals surface area contributed by atoms with E-state index in [1.165, 1.54) is 13.2 Å². The summed E-state index contributed by atoms with van der Waals surface area (Å²) in [7, 11) is 1.51. The van der Waals surface area contributed by atoms with Crippen molar-refractivity contribution in [1.82, 2.24) is 0 Å². The van der Waals surface area contributed by atoms with Gasteiger partial charge in [0.2, 0.25) is 11.8 Å². The third kappa shape index (κ3) is 6.59. The van der Waals surface area contributed by atoms with E-state index in [1.807, 2.05) is 6.92 Å². The molecule has 2 amide bonds. The molecule has 0 radical (unpaired) electrons. The monoisotopic (exact) mass is 420 g/mol. The predicted octanol–water partition coefficient (Wildman–Crippen LogP) is 5.78. The van der Waals surface area contributed by atoms with Crippen LogP contribution in [0, 0.1) is 0 Å². The predicted molar refractivity (Wildman–Crippen MR) is 115 cm³/mol. The Labute approximate surface area is 174 Å². The van der Waals surface area contributed by atoms with Crippen LogP contribution in [0.4, 0.5) is 11.4 Å². The maximum Gasteiger partial charge on any atom is 0.248 e. The van der Waals surface area contributed by atoms with Crippen LogP contribution >= 0.6 is 23.2 Å². The molecule has 2 rings (SSSR count). The first-order valence-electron chi connectivity index (χ1n) is 8.85. The van der Waals surface area contributed by atoms with E-state index in [4.69, 9.17) is 27.9 Å². The van der Waals surface area contributed by atoms with E-state index in [2.05, 4.69) is 10.6 Å². The Morgan fingerprint density at radius 1 is 1.11 bits per heavy atom. The van der Waals surface area contributed by atoms with Gasteiger partial charge in [-0.2, -0.15) is 0 Å². The van der Waals surface area contributed by atoms with Gasteiger partial charge in [0.05, 0.1) is 12.8 Å². The van der Waals surface area contributed by atoms with Crippen LogP contribution in [-0.4, -0.2) is 18.9 Å². The summed E-state index contributed by atoms with van der Waals surface area (Å²) >= 11 is 11.9. The number of halogens is 2. The summed E-state index contributed by atoms with van der Waals surface area (Å²) in [4.78, 5) is 24.1. The molecule has 5 nitrogen and oxygen atoms in total. The van der Waals surface area contributed by atoms with E-state index in [0.717, 1.165) is 12.8 Å². The second-order valence-electron chi connectivity index (χ2n) is 6.06. The molecule has 148 valence electrons. The van der Waals surface area contributed by atoms with Crippen LogP contribution in [0.3, 0.4) is 0 Å². The van der Waals surface area contributed by atoms with Crippen molar-refractivity contribution in [3.05, 3.63) is 58.1 Å². The quantitative estimate of drug-likeness (QED) is 0.531. The van der Waals surface area contributed by atoms with Crippen molar-refractivity contribution in [3.8, 4) is 5.75 Å². The lowest BCUT2D eigenvalue weighted by atomic mass is 10.2. The summed E-state index contributed by atoms with van der Waals surface area (Å²) in [5.74, 6) is 0.0693. The number of methoxy groups -OCH3 is 1. The molecule has 0 aliphatic carbocycles. The van der Waals surface area contributed by atoms with Crippen molar-refractivity contribution in [2.75, 3.05) is 17.7 Å². The van der Waals surface area contributed by atoms with Crippen LogP contribution in [0.25, 0.3) is 6.08 Å². The molecular formula is C21H22Cl2N2O3. The van der Waals surface area contributed by atoms with Gasteiger partial charge in [-0.1, -0.05) is 42.6 Å². The van der Waals surface area contributed by atoms with E-state index in [9.17, 15) is 9.59 Å². The first kappa shape index (κ1) is 21.8. The normalized spacial score (nSPS) is 10.7. The third-order valence-electron chi connectivity index (χ3n) is 3.88. The second-order valence-corrected chi connectivity index (χ2v) is 6.90. The van der Waals surface area contributed by atoms with Crippen LogP contribution < -0.4 is 15.4 Å². The van der Waals surface area contributed by atoms with Gasteiger partial charge in [-0.3, -0.25) is 9.59 Å². The molecule has 0 aliphatic heterocycles. The molecule has 0 fully saturated rings. The lowest BCUT2D eigenvalue weighted by Gasteiger charge is -2.12. The molecule has 0 aromatic heterocycles. The number of rotatable bonds is 8. The fraction of sp³-hybridized carbons (Fsp3) is 0.238. The number of carbonyl (C=O) groups is 2. The van der Waals surface area contributed by atoms with Gasteiger partial charge in [0.1, 0.15) is 5.75 Å². The zero-order valence-corrected chi connectivity index (χ0v) is 17.2. The number of anilines is 2. The maximum absolute atomic E-state index is 12.2. The Morgan fingerprint density at radius 3 is 2.57 bits per heavy atom. The van der Waals surface area contributed by atoms with E-state index >= 15 is 0 Å². The molecule has 2 N–H and O–H groups in total. The summed E-state index contributed by atoms with van der Waals surface area (Å²) in [6, 6.07) is 10.1. The van der Waals surface area contributed by atoms with Crippen LogP contribution in [0.15, 0.2) is 42.5 Å². The smallest absolute Gasteiger partial charge is 0.248 e. The van der Waals surface area contributed by atoms with Gasteiger partial charge in [0, 0.05) is 34.3 Å². The van der Waals surface area contributed by atoms with Crippen molar-refractivity contribution in [3.63, 3.8) is 0 Å². The molecule has 2 aromatic carbocycles. The average Bonchev–Trinajstić information content (AvgIpc) is 2.66. The Balaban J connectivity index is 2.04. The van der Waals surface area contributed by atoms with Crippen molar-refractivity contribution in [1.29, 1.82) is 0 Å². The molecule has 0 atom stereocenters. The van der Waals surface area contributed by atoms with Gasteiger partial charge in [-0.25, -0.2) is 0 Å². The number of amides is 2. The van der Waals surface area contributed by atoms with Gasteiger partial charge >= 0.3 is 0 Å². The number of hydrogen-bond acceptors (Lipinski definition) is 3. The molecule has 2 aromatic rings. The maximum atomic E-state index is 12.2. The fourth-order valence-corrected chi connectivity index (χ4v) is 2.88. The minimum absolute atomic E-state index is 0.0697. The molecular weight excluding hydrogens is 399 g/mol. The zero-order chi connectivity index (χ0) is 20.5. The Morgan fingerprint density at radius 2 is 1.89 bits per heavy atom. The van der Waals surface area contributed by atoms with Crippen LogP contribution in [0.1, 0.15) is 31.7 Å². The number of ether oxygens (including phenoxy) is 1. The van der Waals surface area contributed by atoms with E-state index in [-0.39, 0.29) is 11.8 Å². The van der Waals surface area contributed by atoms with Crippen LogP contribution in [0.2, 0.25) is 10.0 Å². The van der Waals surface area contributed by atoms with E-state index < -0.39 is 0 Å². The molecule has 7 heteroatoms. The largest absolute Gasteiger partial charge is 0.494 e. The number of carbonyl (C=O) groups excluding carboxylic acids is 2. The van der Waals surface area contributed by atoms with E-state index in [1.54, 1.807) is 42.5 Å². The van der Waals surface area contributed by atoms with Gasteiger partial charge in [-0.15, -0.1) is 0 Å².